The van der Waals surface area contributed by atoms with Crippen LogP contribution in [-0.4, -0.2) is 57.0 Å². The maximum absolute atomic E-state index is 12.3. The van der Waals surface area contributed by atoms with Crippen LogP contribution < -0.4 is 0 Å². The average molecular weight is 331 g/mol. The molecular formula is C17H33NO5. The van der Waals surface area contributed by atoms with Crippen molar-refractivity contribution in [1.82, 2.24) is 4.90 Å². The third-order valence-corrected chi connectivity index (χ3v) is 3.58. The summed E-state index contributed by atoms with van der Waals surface area (Å²) >= 11 is 0. The Morgan fingerprint density at radius 2 is 1.61 bits per heavy atom. The number of likely N-dealkylation sites (N-methyl/N-ethyl adjacent to an activating group) is 1. The third kappa shape index (κ3) is 9.43. The Bertz CT molecular complexity index is 333. The fourth-order valence-electron chi connectivity index (χ4n) is 2.27. The molecule has 0 fully saturated rings. The van der Waals surface area contributed by atoms with E-state index in [2.05, 4.69) is 6.92 Å². The number of carbonyl (C=O) groups excluding carboxylic acids is 2. The Balaban J connectivity index is 4.30. The molecule has 6 nitrogen and oxygen atoms in total. The second kappa shape index (κ2) is 13.2. The van der Waals surface area contributed by atoms with Gasteiger partial charge in [-0.2, -0.15) is 0 Å². The van der Waals surface area contributed by atoms with E-state index >= 15 is 0 Å². The molecule has 0 radical (unpaired) electrons. The summed E-state index contributed by atoms with van der Waals surface area (Å²) in [6.07, 6.45) is 4.93. The second-order valence-electron chi connectivity index (χ2n) is 5.99. The SMILES string of the molecule is CCCCCCCOC(=O)C(C(C)C)N(C)C(=O)OCCOC. The lowest BCUT2D eigenvalue weighted by atomic mass is 10.0. The lowest BCUT2D eigenvalue weighted by Crippen LogP contribution is -2.47. The van der Waals surface area contributed by atoms with Crippen LogP contribution in [0.4, 0.5) is 4.79 Å². The number of ether oxygens (including phenoxy) is 3. The van der Waals surface area contributed by atoms with Gasteiger partial charge >= 0.3 is 12.1 Å². The van der Waals surface area contributed by atoms with Crippen molar-refractivity contribution >= 4 is 12.1 Å². The maximum Gasteiger partial charge on any atom is 0.410 e. The molecule has 0 spiro atoms. The van der Waals surface area contributed by atoms with E-state index in [-0.39, 0.29) is 18.5 Å². The van der Waals surface area contributed by atoms with Gasteiger partial charge in [-0.1, -0.05) is 46.5 Å². The van der Waals surface area contributed by atoms with E-state index in [0.717, 1.165) is 19.3 Å². The van der Waals surface area contributed by atoms with Crippen molar-refractivity contribution in [2.45, 2.75) is 58.9 Å². The summed E-state index contributed by atoms with van der Waals surface area (Å²) in [6.45, 7) is 6.82. The van der Waals surface area contributed by atoms with E-state index in [0.29, 0.717) is 13.2 Å². The van der Waals surface area contributed by atoms with Crippen molar-refractivity contribution in [3.63, 3.8) is 0 Å². The van der Waals surface area contributed by atoms with Gasteiger partial charge in [0.15, 0.2) is 0 Å². The lowest BCUT2D eigenvalue weighted by molar-refractivity contribution is -0.150. The van der Waals surface area contributed by atoms with E-state index in [9.17, 15) is 9.59 Å². The first-order valence-corrected chi connectivity index (χ1v) is 8.50. The highest BCUT2D eigenvalue weighted by Gasteiger charge is 2.32. The number of carbonyl (C=O) groups is 2. The quantitative estimate of drug-likeness (QED) is 0.406. The average Bonchev–Trinajstić information content (AvgIpc) is 2.50. The molecule has 0 aromatic heterocycles. The van der Waals surface area contributed by atoms with Crippen LogP contribution in [0.5, 0.6) is 0 Å². The van der Waals surface area contributed by atoms with Gasteiger partial charge in [0, 0.05) is 14.2 Å². The van der Waals surface area contributed by atoms with E-state index < -0.39 is 12.1 Å². The number of esters is 1. The molecule has 0 aliphatic heterocycles. The van der Waals surface area contributed by atoms with E-state index in [1.165, 1.54) is 24.9 Å². The first-order chi connectivity index (χ1) is 11.0. The predicted octanol–water partition coefficient (Wildman–Crippen LogP) is 3.24. The summed E-state index contributed by atoms with van der Waals surface area (Å²) in [4.78, 5) is 25.5. The van der Waals surface area contributed by atoms with E-state index in [1.807, 2.05) is 13.8 Å². The molecule has 0 saturated heterocycles. The third-order valence-electron chi connectivity index (χ3n) is 3.58. The number of unbranched alkanes of at least 4 members (excludes halogenated alkanes) is 4. The standard InChI is InChI=1S/C17H33NO5/c1-6-7-8-9-10-11-22-16(19)15(14(2)3)18(4)17(20)23-13-12-21-5/h14-15H,6-13H2,1-5H3. The monoisotopic (exact) mass is 331 g/mol. The molecule has 0 bridgehead atoms. The highest BCUT2D eigenvalue weighted by molar-refractivity contribution is 5.81. The molecular weight excluding hydrogens is 298 g/mol. The molecule has 0 aliphatic carbocycles. The van der Waals surface area contributed by atoms with Gasteiger partial charge in [-0.15, -0.1) is 0 Å². The summed E-state index contributed by atoms with van der Waals surface area (Å²) in [5.41, 5.74) is 0. The molecule has 0 aromatic carbocycles. The summed E-state index contributed by atoms with van der Waals surface area (Å²) in [7, 11) is 3.09. The normalized spacial score (nSPS) is 12.1. The van der Waals surface area contributed by atoms with Gasteiger partial charge in [0.25, 0.3) is 0 Å². The molecule has 1 amide bonds. The molecule has 0 saturated carbocycles. The zero-order chi connectivity index (χ0) is 17.7. The highest BCUT2D eigenvalue weighted by Crippen LogP contribution is 2.13. The van der Waals surface area contributed by atoms with Crippen LogP contribution in [0.1, 0.15) is 52.9 Å². The molecule has 0 aromatic rings. The van der Waals surface area contributed by atoms with Crippen molar-refractivity contribution < 1.29 is 23.8 Å². The number of hydrogen-bond donors (Lipinski definition) is 0. The summed E-state index contributed by atoms with van der Waals surface area (Å²) < 4.78 is 15.2. The molecule has 136 valence electrons. The van der Waals surface area contributed by atoms with Crippen molar-refractivity contribution in [3.8, 4) is 0 Å². The predicted molar refractivity (Wildman–Crippen MR) is 89.3 cm³/mol. The summed E-state index contributed by atoms with van der Waals surface area (Å²) in [6, 6.07) is -0.638. The van der Waals surface area contributed by atoms with Gasteiger partial charge in [0.2, 0.25) is 0 Å². The summed E-state index contributed by atoms with van der Waals surface area (Å²) in [5, 5.41) is 0. The van der Waals surface area contributed by atoms with Crippen LogP contribution in [0, 0.1) is 5.92 Å². The van der Waals surface area contributed by atoms with Crippen LogP contribution >= 0.6 is 0 Å². The van der Waals surface area contributed by atoms with Crippen LogP contribution in [-0.2, 0) is 19.0 Å². The number of amides is 1. The van der Waals surface area contributed by atoms with Crippen LogP contribution in [0.15, 0.2) is 0 Å². The minimum atomic E-state index is -0.638. The van der Waals surface area contributed by atoms with Gasteiger partial charge in [0.1, 0.15) is 12.6 Å². The maximum atomic E-state index is 12.3. The number of rotatable bonds is 12. The van der Waals surface area contributed by atoms with E-state index in [4.69, 9.17) is 14.2 Å². The molecule has 0 aliphatic rings. The highest BCUT2D eigenvalue weighted by atomic mass is 16.6. The minimum Gasteiger partial charge on any atom is -0.464 e. The molecule has 1 unspecified atom stereocenters. The Morgan fingerprint density at radius 1 is 0.957 bits per heavy atom. The van der Waals surface area contributed by atoms with Crippen LogP contribution in [0.2, 0.25) is 0 Å². The Labute approximate surface area is 140 Å². The lowest BCUT2D eigenvalue weighted by Gasteiger charge is -2.28. The molecule has 0 N–H and O–H groups in total. The Morgan fingerprint density at radius 3 is 2.17 bits per heavy atom. The van der Waals surface area contributed by atoms with Crippen LogP contribution in [0.3, 0.4) is 0 Å². The molecule has 1 atom stereocenters. The van der Waals surface area contributed by atoms with Crippen LogP contribution in [0.25, 0.3) is 0 Å². The topological polar surface area (TPSA) is 65.1 Å². The van der Waals surface area contributed by atoms with Gasteiger partial charge in [-0.05, 0) is 12.3 Å². The number of nitrogens with zero attached hydrogens (tertiary/aromatic N) is 1. The molecule has 23 heavy (non-hydrogen) atoms. The van der Waals surface area contributed by atoms with Crippen molar-refractivity contribution in [1.29, 1.82) is 0 Å². The van der Waals surface area contributed by atoms with Gasteiger partial charge in [-0.25, -0.2) is 9.59 Å². The Hall–Kier alpha value is -1.30. The molecule has 6 heteroatoms. The van der Waals surface area contributed by atoms with Gasteiger partial charge in [0.05, 0.1) is 13.2 Å². The zero-order valence-corrected chi connectivity index (χ0v) is 15.3. The smallest absolute Gasteiger partial charge is 0.410 e. The first kappa shape index (κ1) is 21.7. The Kier molecular flexibility index (Phi) is 12.4. The fourth-order valence-corrected chi connectivity index (χ4v) is 2.27. The van der Waals surface area contributed by atoms with Gasteiger partial charge in [-0.3, -0.25) is 4.90 Å². The van der Waals surface area contributed by atoms with Gasteiger partial charge < -0.3 is 14.2 Å². The van der Waals surface area contributed by atoms with E-state index in [1.54, 1.807) is 7.05 Å². The molecule has 0 heterocycles. The fraction of sp³-hybridized carbons (Fsp3) is 0.882. The minimum absolute atomic E-state index is 0.0532. The van der Waals surface area contributed by atoms with Crippen molar-refractivity contribution in [2.75, 3.05) is 34.0 Å². The van der Waals surface area contributed by atoms with Crippen molar-refractivity contribution in [2.24, 2.45) is 5.92 Å². The zero-order valence-electron chi connectivity index (χ0n) is 15.3. The largest absolute Gasteiger partial charge is 0.464 e. The second-order valence-corrected chi connectivity index (χ2v) is 5.99. The number of hydrogen-bond acceptors (Lipinski definition) is 5. The summed E-state index contributed by atoms with van der Waals surface area (Å²) in [5.74, 6) is -0.427. The number of methoxy groups -OCH3 is 1. The van der Waals surface area contributed by atoms with Crippen molar-refractivity contribution in [3.05, 3.63) is 0 Å². The first-order valence-electron chi connectivity index (χ1n) is 8.50. The molecule has 0 rings (SSSR count).